The highest BCUT2D eigenvalue weighted by atomic mass is 16.5. The second kappa shape index (κ2) is 3.67. The average Bonchev–Trinajstić information content (AvgIpc) is 2.59. The molecule has 0 radical (unpaired) electrons. The zero-order chi connectivity index (χ0) is 9.97. The van der Waals surface area contributed by atoms with Gasteiger partial charge in [-0.05, 0) is 12.1 Å². The number of nitrogen functional groups attached to an aromatic ring is 1. The highest BCUT2D eigenvalue weighted by molar-refractivity contribution is 5.48. The number of nitrogens with zero attached hydrogens (tertiary/aromatic N) is 2. The van der Waals surface area contributed by atoms with Gasteiger partial charge in [-0.2, -0.15) is 0 Å². The maximum absolute atomic E-state index is 5.79. The fourth-order valence-corrected chi connectivity index (χ4v) is 1.41. The van der Waals surface area contributed by atoms with Gasteiger partial charge in [0.2, 0.25) is 0 Å². The quantitative estimate of drug-likeness (QED) is 0.790. The van der Waals surface area contributed by atoms with Crippen LogP contribution in [-0.2, 0) is 11.2 Å². The Morgan fingerprint density at radius 2 is 2.36 bits per heavy atom. The number of nitrogens with two attached hydrogens (primary N) is 1. The molecule has 0 atom stereocenters. The molecule has 4 nitrogen and oxygen atoms in total. The summed E-state index contributed by atoms with van der Waals surface area (Å²) < 4.78 is 6.87. The molecule has 0 unspecified atom stereocenters. The Balaban J connectivity index is 2.36. The van der Waals surface area contributed by atoms with Crippen LogP contribution < -0.4 is 5.73 Å². The summed E-state index contributed by atoms with van der Waals surface area (Å²) in [6.45, 7) is 0.684. The predicted molar refractivity (Wildman–Crippen MR) is 55.2 cm³/mol. The summed E-state index contributed by atoms with van der Waals surface area (Å²) in [5, 5.41) is 0. The van der Waals surface area contributed by atoms with Gasteiger partial charge in [-0.25, -0.2) is 4.98 Å². The van der Waals surface area contributed by atoms with Crippen LogP contribution in [0.4, 0.5) is 5.82 Å². The van der Waals surface area contributed by atoms with Gasteiger partial charge in [0.25, 0.3) is 0 Å². The molecule has 0 amide bonds. The topological polar surface area (TPSA) is 52.5 Å². The zero-order valence-electron chi connectivity index (χ0n) is 8.10. The van der Waals surface area contributed by atoms with Crippen LogP contribution in [0.1, 0.15) is 5.69 Å². The Kier molecular flexibility index (Phi) is 2.37. The molecule has 2 aromatic rings. The van der Waals surface area contributed by atoms with E-state index in [4.69, 9.17) is 10.5 Å². The van der Waals surface area contributed by atoms with Gasteiger partial charge in [-0.1, -0.05) is 6.07 Å². The number of hydrogen-bond donors (Lipinski definition) is 1. The number of fused-ring (bicyclic) bond motifs is 1. The number of aromatic nitrogens is 2. The van der Waals surface area contributed by atoms with Crippen LogP contribution in [0, 0.1) is 0 Å². The first-order chi connectivity index (χ1) is 6.81. The van der Waals surface area contributed by atoms with Crippen molar-refractivity contribution in [2.45, 2.75) is 6.42 Å². The molecular formula is C10H13N3O. The van der Waals surface area contributed by atoms with E-state index in [1.165, 1.54) is 0 Å². The summed E-state index contributed by atoms with van der Waals surface area (Å²) in [4.78, 5) is 4.41. The van der Waals surface area contributed by atoms with Gasteiger partial charge in [-0.15, -0.1) is 0 Å². The number of methoxy groups -OCH3 is 1. The van der Waals surface area contributed by atoms with Crippen molar-refractivity contribution in [3.8, 4) is 0 Å². The first kappa shape index (κ1) is 9.02. The van der Waals surface area contributed by atoms with E-state index in [0.29, 0.717) is 12.4 Å². The third-order valence-corrected chi connectivity index (χ3v) is 2.14. The van der Waals surface area contributed by atoms with Gasteiger partial charge in [0.05, 0.1) is 12.3 Å². The molecule has 2 heterocycles. The number of hydrogen-bond acceptors (Lipinski definition) is 3. The summed E-state index contributed by atoms with van der Waals surface area (Å²) in [6, 6.07) is 5.69. The normalized spacial score (nSPS) is 10.9. The lowest BCUT2D eigenvalue weighted by atomic mass is 10.3. The minimum absolute atomic E-state index is 0.684. The third kappa shape index (κ3) is 1.56. The molecule has 0 aromatic carbocycles. The standard InChI is InChI=1S/C10H13N3O/c1-14-6-5-8-7-13-9(11)3-2-4-10(13)12-8/h2-4,7H,5-6,11H2,1H3. The molecule has 14 heavy (non-hydrogen) atoms. The predicted octanol–water partition coefficient (Wildman–Crippen LogP) is 1.11. The molecule has 4 heteroatoms. The molecule has 0 saturated heterocycles. The lowest BCUT2D eigenvalue weighted by Crippen LogP contribution is -1.94. The lowest BCUT2D eigenvalue weighted by molar-refractivity contribution is 0.201. The Bertz CT molecular complexity index is 436. The van der Waals surface area contributed by atoms with E-state index in [2.05, 4.69) is 4.98 Å². The number of rotatable bonds is 3. The summed E-state index contributed by atoms with van der Waals surface area (Å²) in [5.41, 5.74) is 7.68. The molecule has 0 bridgehead atoms. The van der Waals surface area contributed by atoms with E-state index < -0.39 is 0 Å². The van der Waals surface area contributed by atoms with Crippen molar-refractivity contribution >= 4 is 11.5 Å². The number of anilines is 1. The molecular weight excluding hydrogens is 178 g/mol. The van der Waals surface area contributed by atoms with Gasteiger partial charge < -0.3 is 10.5 Å². The van der Waals surface area contributed by atoms with Crippen LogP contribution in [0.5, 0.6) is 0 Å². The van der Waals surface area contributed by atoms with Crippen molar-refractivity contribution in [3.63, 3.8) is 0 Å². The van der Waals surface area contributed by atoms with Crippen LogP contribution in [0.15, 0.2) is 24.4 Å². The molecule has 2 rings (SSSR count). The van der Waals surface area contributed by atoms with Gasteiger partial charge in [0.15, 0.2) is 0 Å². The van der Waals surface area contributed by atoms with Crippen molar-refractivity contribution in [3.05, 3.63) is 30.1 Å². The van der Waals surface area contributed by atoms with Crippen LogP contribution in [0.25, 0.3) is 5.65 Å². The summed E-state index contributed by atoms with van der Waals surface area (Å²) in [5.74, 6) is 0.707. The molecule has 2 N–H and O–H groups in total. The summed E-state index contributed by atoms with van der Waals surface area (Å²) in [6.07, 6.45) is 2.77. The molecule has 0 aliphatic rings. The molecule has 74 valence electrons. The smallest absolute Gasteiger partial charge is 0.138 e. The van der Waals surface area contributed by atoms with Crippen LogP contribution in [0.2, 0.25) is 0 Å². The van der Waals surface area contributed by atoms with E-state index in [1.807, 2.05) is 28.8 Å². The van der Waals surface area contributed by atoms with E-state index in [0.717, 1.165) is 17.8 Å². The van der Waals surface area contributed by atoms with Crippen molar-refractivity contribution in [1.29, 1.82) is 0 Å². The minimum atomic E-state index is 0.684. The first-order valence-corrected chi connectivity index (χ1v) is 4.52. The van der Waals surface area contributed by atoms with Gasteiger partial charge in [0.1, 0.15) is 11.5 Å². The Morgan fingerprint density at radius 3 is 3.07 bits per heavy atom. The largest absolute Gasteiger partial charge is 0.385 e. The number of ether oxygens (including phenoxy) is 1. The minimum Gasteiger partial charge on any atom is -0.385 e. The summed E-state index contributed by atoms with van der Waals surface area (Å²) in [7, 11) is 1.68. The SMILES string of the molecule is COCCc1cn2c(N)cccc2n1. The van der Waals surface area contributed by atoms with E-state index in [1.54, 1.807) is 7.11 Å². The van der Waals surface area contributed by atoms with E-state index in [9.17, 15) is 0 Å². The van der Waals surface area contributed by atoms with Crippen molar-refractivity contribution in [1.82, 2.24) is 9.38 Å². The third-order valence-electron chi connectivity index (χ3n) is 2.14. The highest BCUT2D eigenvalue weighted by Gasteiger charge is 2.02. The van der Waals surface area contributed by atoms with Gasteiger partial charge >= 0.3 is 0 Å². The Labute approximate surface area is 82.3 Å². The monoisotopic (exact) mass is 191 g/mol. The molecule has 0 saturated carbocycles. The Hall–Kier alpha value is -1.55. The first-order valence-electron chi connectivity index (χ1n) is 4.52. The van der Waals surface area contributed by atoms with Crippen molar-refractivity contribution in [2.75, 3.05) is 19.5 Å². The number of imidazole rings is 1. The molecule has 0 aliphatic heterocycles. The fourth-order valence-electron chi connectivity index (χ4n) is 1.41. The van der Waals surface area contributed by atoms with Crippen LogP contribution >= 0.6 is 0 Å². The second-order valence-corrected chi connectivity index (χ2v) is 3.15. The van der Waals surface area contributed by atoms with E-state index in [-0.39, 0.29) is 0 Å². The Morgan fingerprint density at radius 1 is 1.50 bits per heavy atom. The average molecular weight is 191 g/mol. The van der Waals surface area contributed by atoms with Crippen LogP contribution in [-0.4, -0.2) is 23.1 Å². The fraction of sp³-hybridized carbons (Fsp3) is 0.300. The number of pyridine rings is 1. The van der Waals surface area contributed by atoms with Gasteiger partial charge in [-0.3, -0.25) is 4.40 Å². The maximum Gasteiger partial charge on any atom is 0.138 e. The molecule has 0 aliphatic carbocycles. The maximum atomic E-state index is 5.79. The van der Waals surface area contributed by atoms with Gasteiger partial charge in [0, 0.05) is 19.7 Å². The van der Waals surface area contributed by atoms with Crippen LogP contribution in [0.3, 0.4) is 0 Å². The zero-order valence-corrected chi connectivity index (χ0v) is 8.10. The highest BCUT2D eigenvalue weighted by Crippen LogP contribution is 2.10. The molecule has 0 fully saturated rings. The lowest BCUT2D eigenvalue weighted by Gasteiger charge is -1.95. The second-order valence-electron chi connectivity index (χ2n) is 3.15. The van der Waals surface area contributed by atoms with Crippen molar-refractivity contribution in [2.24, 2.45) is 0 Å². The summed E-state index contributed by atoms with van der Waals surface area (Å²) >= 11 is 0. The van der Waals surface area contributed by atoms with Crippen molar-refractivity contribution < 1.29 is 4.74 Å². The molecule has 0 spiro atoms. The molecule has 2 aromatic heterocycles. The van der Waals surface area contributed by atoms with E-state index >= 15 is 0 Å².